The summed E-state index contributed by atoms with van der Waals surface area (Å²) in [5.74, 6) is 3.48. The van der Waals surface area contributed by atoms with E-state index in [0.717, 1.165) is 25.0 Å². The van der Waals surface area contributed by atoms with Gasteiger partial charge in [0.1, 0.15) is 5.75 Å². The Morgan fingerprint density at radius 1 is 1.27 bits per heavy atom. The molecule has 0 fully saturated rings. The molecule has 0 saturated carbocycles. The summed E-state index contributed by atoms with van der Waals surface area (Å²) in [6, 6.07) is 8.04. The van der Waals surface area contributed by atoms with Crippen LogP contribution in [0.4, 0.5) is 0 Å². The Morgan fingerprint density at radius 3 is 2.60 bits per heavy atom. The van der Waals surface area contributed by atoms with E-state index in [-0.39, 0.29) is 0 Å². The molecule has 0 aliphatic heterocycles. The zero-order chi connectivity index (χ0) is 10.9. The summed E-state index contributed by atoms with van der Waals surface area (Å²) >= 11 is 0. The molecule has 0 bridgehead atoms. The van der Waals surface area contributed by atoms with E-state index in [1.54, 1.807) is 0 Å². The third-order valence-corrected chi connectivity index (χ3v) is 2.09. The van der Waals surface area contributed by atoms with Gasteiger partial charge in [0.05, 0.1) is 6.61 Å². The maximum atomic E-state index is 5.51. The van der Waals surface area contributed by atoms with Crippen molar-refractivity contribution < 1.29 is 4.74 Å². The average molecular weight is 203 g/mol. The van der Waals surface area contributed by atoms with Gasteiger partial charge in [-0.3, -0.25) is 0 Å². The van der Waals surface area contributed by atoms with Crippen LogP contribution in [0.25, 0.3) is 0 Å². The van der Waals surface area contributed by atoms with Crippen LogP contribution in [0.2, 0.25) is 0 Å². The van der Waals surface area contributed by atoms with Crippen LogP contribution in [-0.2, 0) is 6.42 Å². The lowest BCUT2D eigenvalue weighted by Crippen LogP contribution is -2.02. The highest BCUT2D eigenvalue weighted by atomic mass is 16.5. The minimum atomic E-state index is 0.681. The summed E-state index contributed by atoms with van der Waals surface area (Å²) < 4.78 is 5.51. The van der Waals surface area contributed by atoms with Gasteiger partial charge in [-0.05, 0) is 37.1 Å². The fraction of sp³-hybridized carbons (Fsp3) is 0.385. The Hall–Kier alpha value is -1.46. The molecule has 1 aromatic carbocycles. The Morgan fingerprint density at radius 2 is 2.00 bits per heavy atom. The third kappa shape index (κ3) is 4.53. The topological polar surface area (TPSA) is 35.2 Å². The summed E-state index contributed by atoms with van der Waals surface area (Å²) in [6.07, 6.45) is 7.73. The van der Waals surface area contributed by atoms with E-state index in [4.69, 9.17) is 16.9 Å². The molecule has 2 heteroatoms. The monoisotopic (exact) mass is 203 g/mol. The summed E-state index contributed by atoms with van der Waals surface area (Å²) in [6.45, 7) is 1.36. The number of benzene rings is 1. The SMILES string of the molecule is C#CCCCOc1ccc(CCN)cc1. The number of unbranched alkanes of at least 4 members (excludes halogenated alkanes) is 1. The van der Waals surface area contributed by atoms with Crippen molar-refractivity contribution in [3.05, 3.63) is 29.8 Å². The van der Waals surface area contributed by atoms with Gasteiger partial charge in [-0.2, -0.15) is 0 Å². The lowest BCUT2D eigenvalue weighted by Gasteiger charge is -2.05. The molecule has 15 heavy (non-hydrogen) atoms. The summed E-state index contributed by atoms with van der Waals surface area (Å²) in [7, 11) is 0. The van der Waals surface area contributed by atoms with Crippen LogP contribution in [0.1, 0.15) is 18.4 Å². The second-order valence-electron chi connectivity index (χ2n) is 3.34. The number of terminal acetylenes is 1. The molecule has 1 rings (SSSR count). The van der Waals surface area contributed by atoms with E-state index in [1.165, 1.54) is 5.56 Å². The fourth-order valence-electron chi connectivity index (χ4n) is 1.28. The number of rotatable bonds is 6. The first-order chi connectivity index (χ1) is 7.36. The minimum Gasteiger partial charge on any atom is -0.494 e. The van der Waals surface area contributed by atoms with Gasteiger partial charge in [-0.1, -0.05) is 12.1 Å². The normalized spacial score (nSPS) is 9.60. The molecular formula is C13H17NO. The molecule has 0 aliphatic rings. The van der Waals surface area contributed by atoms with Gasteiger partial charge in [0.25, 0.3) is 0 Å². The number of hydrogen-bond acceptors (Lipinski definition) is 2. The molecule has 0 aliphatic carbocycles. The van der Waals surface area contributed by atoms with Crippen molar-refractivity contribution in [1.29, 1.82) is 0 Å². The maximum Gasteiger partial charge on any atom is 0.119 e. The van der Waals surface area contributed by atoms with Crippen LogP contribution in [0.15, 0.2) is 24.3 Å². The molecule has 2 nitrogen and oxygen atoms in total. The summed E-state index contributed by atoms with van der Waals surface area (Å²) in [5.41, 5.74) is 6.71. The minimum absolute atomic E-state index is 0.681. The maximum absolute atomic E-state index is 5.51. The van der Waals surface area contributed by atoms with Gasteiger partial charge in [0.15, 0.2) is 0 Å². The molecule has 0 atom stereocenters. The lowest BCUT2D eigenvalue weighted by atomic mass is 10.1. The van der Waals surface area contributed by atoms with Gasteiger partial charge < -0.3 is 10.5 Å². The Bertz CT molecular complexity index is 310. The van der Waals surface area contributed by atoms with E-state index >= 15 is 0 Å². The third-order valence-electron chi connectivity index (χ3n) is 2.09. The Balaban J connectivity index is 2.33. The number of hydrogen-bond donors (Lipinski definition) is 1. The first kappa shape index (κ1) is 11.6. The fourth-order valence-corrected chi connectivity index (χ4v) is 1.28. The molecule has 0 saturated heterocycles. The molecule has 0 amide bonds. The van der Waals surface area contributed by atoms with Gasteiger partial charge in [-0.15, -0.1) is 12.3 Å². The molecule has 80 valence electrons. The van der Waals surface area contributed by atoms with Gasteiger partial charge in [0.2, 0.25) is 0 Å². The van der Waals surface area contributed by atoms with Crippen molar-refractivity contribution in [3.63, 3.8) is 0 Å². The molecule has 0 spiro atoms. The second kappa shape index (κ2) is 6.92. The lowest BCUT2D eigenvalue weighted by molar-refractivity contribution is 0.313. The van der Waals surface area contributed by atoms with Crippen LogP contribution >= 0.6 is 0 Å². The van der Waals surface area contributed by atoms with Crippen LogP contribution in [0.5, 0.6) is 5.75 Å². The van der Waals surface area contributed by atoms with Crippen molar-refractivity contribution in [2.45, 2.75) is 19.3 Å². The van der Waals surface area contributed by atoms with Crippen LogP contribution in [-0.4, -0.2) is 13.2 Å². The van der Waals surface area contributed by atoms with Gasteiger partial charge in [0, 0.05) is 6.42 Å². The van der Waals surface area contributed by atoms with E-state index in [2.05, 4.69) is 5.92 Å². The molecule has 0 aromatic heterocycles. The average Bonchev–Trinajstić information content (AvgIpc) is 2.27. The quantitative estimate of drug-likeness (QED) is 0.567. The van der Waals surface area contributed by atoms with Crippen molar-refractivity contribution >= 4 is 0 Å². The summed E-state index contributed by atoms with van der Waals surface area (Å²) in [4.78, 5) is 0. The van der Waals surface area contributed by atoms with Gasteiger partial charge in [-0.25, -0.2) is 0 Å². The number of ether oxygens (including phenoxy) is 1. The zero-order valence-electron chi connectivity index (χ0n) is 8.91. The predicted molar refractivity (Wildman–Crippen MR) is 62.8 cm³/mol. The predicted octanol–water partition coefficient (Wildman–Crippen LogP) is 1.98. The van der Waals surface area contributed by atoms with E-state index in [0.29, 0.717) is 13.2 Å². The van der Waals surface area contributed by atoms with E-state index < -0.39 is 0 Å². The molecule has 2 N–H and O–H groups in total. The zero-order valence-corrected chi connectivity index (χ0v) is 8.91. The van der Waals surface area contributed by atoms with Crippen molar-refractivity contribution in [2.75, 3.05) is 13.2 Å². The number of nitrogens with two attached hydrogens (primary N) is 1. The van der Waals surface area contributed by atoms with E-state index in [1.807, 2.05) is 24.3 Å². The molecule has 1 aromatic rings. The van der Waals surface area contributed by atoms with Gasteiger partial charge >= 0.3 is 0 Å². The van der Waals surface area contributed by atoms with Crippen molar-refractivity contribution in [1.82, 2.24) is 0 Å². The van der Waals surface area contributed by atoms with Crippen molar-refractivity contribution in [3.8, 4) is 18.1 Å². The highest BCUT2D eigenvalue weighted by Crippen LogP contribution is 2.12. The second-order valence-corrected chi connectivity index (χ2v) is 3.34. The first-order valence-corrected chi connectivity index (χ1v) is 5.22. The van der Waals surface area contributed by atoms with Crippen LogP contribution in [0.3, 0.4) is 0 Å². The largest absolute Gasteiger partial charge is 0.494 e. The van der Waals surface area contributed by atoms with Crippen LogP contribution < -0.4 is 10.5 Å². The molecule has 0 unspecified atom stereocenters. The van der Waals surface area contributed by atoms with Crippen molar-refractivity contribution in [2.24, 2.45) is 5.73 Å². The summed E-state index contributed by atoms with van der Waals surface area (Å²) in [5, 5.41) is 0. The Labute approximate surface area is 91.4 Å². The van der Waals surface area contributed by atoms with Crippen LogP contribution in [0, 0.1) is 12.3 Å². The first-order valence-electron chi connectivity index (χ1n) is 5.22. The molecule has 0 radical (unpaired) electrons. The Kier molecular flexibility index (Phi) is 5.35. The standard InChI is InChI=1S/C13H17NO/c1-2-3-4-11-15-13-7-5-12(6-8-13)9-10-14/h1,5-8H,3-4,9-11,14H2. The van der Waals surface area contributed by atoms with E-state index in [9.17, 15) is 0 Å². The molecule has 0 heterocycles. The highest BCUT2D eigenvalue weighted by molar-refractivity contribution is 5.27. The highest BCUT2D eigenvalue weighted by Gasteiger charge is 1.94. The smallest absolute Gasteiger partial charge is 0.119 e. The molecular weight excluding hydrogens is 186 g/mol.